The molecule has 1 aliphatic heterocycles. The van der Waals surface area contributed by atoms with Crippen LogP contribution in [0.5, 0.6) is 11.5 Å². The lowest BCUT2D eigenvalue weighted by atomic mass is 10.2. The van der Waals surface area contributed by atoms with Crippen molar-refractivity contribution < 1.29 is 14.3 Å². The summed E-state index contributed by atoms with van der Waals surface area (Å²) in [4.78, 5) is 11.4. The van der Waals surface area contributed by atoms with Crippen molar-refractivity contribution in [2.75, 3.05) is 6.61 Å². The summed E-state index contributed by atoms with van der Waals surface area (Å²) in [6.45, 7) is 4.67. The zero-order valence-electron chi connectivity index (χ0n) is 16.2. The lowest BCUT2D eigenvalue weighted by Gasteiger charge is -2.30. The van der Waals surface area contributed by atoms with Gasteiger partial charge in [0.25, 0.3) is 0 Å². The van der Waals surface area contributed by atoms with Crippen molar-refractivity contribution in [2.24, 2.45) is 5.10 Å². The molecule has 3 rings (SSSR count). The second kappa shape index (κ2) is 9.99. The van der Waals surface area contributed by atoms with Gasteiger partial charge in [-0.15, -0.1) is 0 Å². The van der Waals surface area contributed by atoms with Crippen molar-refractivity contribution >= 4 is 23.8 Å². The molecule has 1 aliphatic rings. The fourth-order valence-electron chi connectivity index (χ4n) is 2.66. The zero-order valence-corrected chi connectivity index (χ0v) is 17.0. The molecule has 2 atom stereocenters. The number of hydrogen-bond acceptors (Lipinski definition) is 6. The summed E-state index contributed by atoms with van der Waals surface area (Å²) in [6.07, 6.45) is 1.32. The first-order chi connectivity index (χ1) is 14.1. The Labute approximate surface area is 174 Å². The summed E-state index contributed by atoms with van der Waals surface area (Å²) in [5, 5.41) is 7.61. The Morgan fingerprint density at radius 2 is 2.03 bits per heavy atom. The first-order valence-corrected chi connectivity index (χ1v) is 9.68. The lowest BCUT2D eigenvalue weighted by molar-refractivity contribution is 0.202. The molecule has 0 aromatic heterocycles. The van der Waals surface area contributed by atoms with Crippen molar-refractivity contribution in [3.63, 3.8) is 0 Å². The van der Waals surface area contributed by atoms with Crippen LogP contribution in [0.1, 0.15) is 25.0 Å². The number of rotatable bonds is 8. The predicted molar refractivity (Wildman–Crippen MR) is 112 cm³/mol. The number of halogens is 1. The fourth-order valence-corrected chi connectivity index (χ4v) is 2.85. The number of ether oxygens (including phenoxy) is 2. The number of amides is 2. The molecular weight excluding hydrogens is 394 g/mol. The molecule has 2 unspecified atom stereocenters. The van der Waals surface area contributed by atoms with Crippen molar-refractivity contribution in [3.05, 3.63) is 58.6 Å². The normalized spacial score (nSPS) is 18.8. The van der Waals surface area contributed by atoms with E-state index < -0.39 is 0 Å². The molecule has 0 radical (unpaired) electrons. The third-order valence-corrected chi connectivity index (χ3v) is 4.60. The quantitative estimate of drug-likeness (QED) is 0.391. The van der Waals surface area contributed by atoms with Crippen LogP contribution in [-0.2, 0) is 6.61 Å². The van der Waals surface area contributed by atoms with E-state index in [4.69, 9.17) is 21.1 Å². The van der Waals surface area contributed by atoms with Crippen molar-refractivity contribution in [2.45, 2.75) is 32.7 Å². The van der Waals surface area contributed by atoms with E-state index in [-0.39, 0.29) is 18.2 Å². The SMILES string of the molecule is CCOc1cc(/C=N/NC2NC(=O)NNC2C)ccc1OCc1ccccc1Cl. The predicted octanol–water partition coefficient (Wildman–Crippen LogP) is 2.77. The smallest absolute Gasteiger partial charge is 0.330 e. The number of hydrogen-bond donors (Lipinski definition) is 4. The summed E-state index contributed by atoms with van der Waals surface area (Å²) in [5.74, 6) is 1.24. The van der Waals surface area contributed by atoms with Crippen LogP contribution in [0.25, 0.3) is 0 Å². The van der Waals surface area contributed by atoms with Gasteiger partial charge in [0.1, 0.15) is 12.8 Å². The number of urea groups is 1. The van der Waals surface area contributed by atoms with E-state index in [2.05, 4.69) is 26.7 Å². The monoisotopic (exact) mass is 417 g/mol. The Kier molecular flexibility index (Phi) is 7.15. The number of hydrazine groups is 1. The fraction of sp³-hybridized carbons (Fsp3) is 0.300. The van der Waals surface area contributed by atoms with E-state index in [1.165, 1.54) is 0 Å². The molecule has 154 valence electrons. The Morgan fingerprint density at radius 1 is 1.21 bits per heavy atom. The second-order valence-corrected chi connectivity index (χ2v) is 6.82. The number of carbonyl (C=O) groups excluding carboxylic acids is 1. The second-order valence-electron chi connectivity index (χ2n) is 6.42. The minimum Gasteiger partial charge on any atom is -0.490 e. The first kappa shape index (κ1) is 20.8. The van der Waals surface area contributed by atoms with Gasteiger partial charge in [-0.2, -0.15) is 5.10 Å². The van der Waals surface area contributed by atoms with E-state index in [9.17, 15) is 4.79 Å². The van der Waals surface area contributed by atoms with Gasteiger partial charge >= 0.3 is 6.03 Å². The minimum atomic E-state index is -0.329. The van der Waals surface area contributed by atoms with E-state index in [0.717, 1.165) is 11.1 Å². The summed E-state index contributed by atoms with van der Waals surface area (Å²) < 4.78 is 11.6. The minimum absolute atomic E-state index is 0.0376. The molecular formula is C20H24ClN5O3. The standard InChI is InChI=1S/C20H24ClN5O3/c1-3-28-18-10-14(11-22-25-19-13(2)24-26-20(27)23-19)8-9-17(18)29-12-15-6-4-5-7-16(15)21/h4-11,13,19,24-25H,3,12H2,1-2H3,(H2,23,26,27)/b22-11+. The number of nitrogens with one attached hydrogen (secondary N) is 4. The molecule has 1 heterocycles. The molecule has 29 heavy (non-hydrogen) atoms. The third-order valence-electron chi connectivity index (χ3n) is 4.24. The van der Waals surface area contributed by atoms with Crippen molar-refractivity contribution in [1.82, 2.24) is 21.6 Å². The Bertz CT molecular complexity index is 877. The Hall–Kier alpha value is -2.97. The maximum atomic E-state index is 11.4. The largest absolute Gasteiger partial charge is 0.490 e. The number of benzene rings is 2. The average Bonchev–Trinajstić information content (AvgIpc) is 2.71. The van der Waals surface area contributed by atoms with Gasteiger partial charge in [0, 0.05) is 10.6 Å². The van der Waals surface area contributed by atoms with Gasteiger partial charge in [-0.05, 0) is 43.7 Å². The molecule has 0 spiro atoms. The maximum Gasteiger partial charge on any atom is 0.330 e. The van der Waals surface area contributed by atoms with Crippen LogP contribution in [0.15, 0.2) is 47.6 Å². The number of carbonyl (C=O) groups is 1. The van der Waals surface area contributed by atoms with E-state index in [1.807, 2.05) is 56.3 Å². The van der Waals surface area contributed by atoms with Crippen LogP contribution in [0.4, 0.5) is 4.79 Å². The van der Waals surface area contributed by atoms with Crippen molar-refractivity contribution in [1.29, 1.82) is 0 Å². The van der Waals surface area contributed by atoms with E-state index in [0.29, 0.717) is 29.7 Å². The highest BCUT2D eigenvalue weighted by Crippen LogP contribution is 2.29. The number of nitrogens with zero attached hydrogens (tertiary/aromatic N) is 1. The van der Waals surface area contributed by atoms with E-state index >= 15 is 0 Å². The van der Waals surface area contributed by atoms with Gasteiger partial charge in [-0.3, -0.25) is 10.9 Å². The van der Waals surface area contributed by atoms with E-state index in [1.54, 1.807) is 6.21 Å². The molecule has 1 saturated heterocycles. The van der Waals surface area contributed by atoms with Crippen LogP contribution >= 0.6 is 11.6 Å². The summed E-state index contributed by atoms with van der Waals surface area (Å²) >= 11 is 6.19. The maximum absolute atomic E-state index is 11.4. The van der Waals surface area contributed by atoms with Gasteiger partial charge in [0.05, 0.1) is 18.9 Å². The molecule has 9 heteroatoms. The molecule has 0 saturated carbocycles. The van der Waals surface area contributed by atoms with Gasteiger partial charge in [0.2, 0.25) is 0 Å². The van der Waals surface area contributed by atoms with Crippen LogP contribution < -0.4 is 31.1 Å². The lowest BCUT2D eigenvalue weighted by Crippen LogP contribution is -2.67. The van der Waals surface area contributed by atoms with Crippen LogP contribution in [0, 0.1) is 0 Å². The summed E-state index contributed by atoms with van der Waals surface area (Å²) in [6, 6.07) is 12.8. The molecule has 8 nitrogen and oxygen atoms in total. The molecule has 2 aromatic carbocycles. The average molecular weight is 418 g/mol. The zero-order chi connectivity index (χ0) is 20.6. The van der Waals surface area contributed by atoms with Gasteiger partial charge in [-0.1, -0.05) is 29.8 Å². The highest BCUT2D eigenvalue weighted by atomic mass is 35.5. The molecule has 2 aromatic rings. The highest BCUT2D eigenvalue weighted by molar-refractivity contribution is 6.31. The highest BCUT2D eigenvalue weighted by Gasteiger charge is 2.23. The molecule has 0 aliphatic carbocycles. The summed E-state index contributed by atoms with van der Waals surface area (Å²) in [5.41, 5.74) is 9.99. The Morgan fingerprint density at radius 3 is 2.83 bits per heavy atom. The summed E-state index contributed by atoms with van der Waals surface area (Å²) in [7, 11) is 0. The van der Waals surface area contributed by atoms with Gasteiger partial charge in [0.15, 0.2) is 11.5 Å². The van der Waals surface area contributed by atoms with Gasteiger partial charge < -0.3 is 14.8 Å². The molecule has 0 bridgehead atoms. The van der Waals surface area contributed by atoms with Crippen LogP contribution in [0.3, 0.4) is 0 Å². The topological polar surface area (TPSA) is 96.0 Å². The third kappa shape index (κ3) is 5.75. The Balaban J connectivity index is 1.65. The molecule has 4 N–H and O–H groups in total. The van der Waals surface area contributed by atoms with Crippen LogP contribution in [-0.4, -0.2) is 31.1 Å². The number of hydrazone groups is 1. The van der Waals surface area contributed by atoms with Gasteiger partial charge in [-0.25, -0.2) is 10.2 Å². The molecule has 1 fully saturated rings. The first-order valence-electron chi connectivity index (χ1n) is 9.30. The van der Waals surface area contributed by atoms with Crippen molar-refractivity contribution in [3.8, 4) is 11.5 Å². The molecule has 2 amide bonds. The van der Waals surface area contributed by atoms with Crippen LogP contribution in [0.2, 0.25) is 5.02 Å².